The molecular formula is C9H2O3. The predicted molar refractivity (Wildman–Crippen MR) is 43.2 cm³/mol. The van der Waals surface area contributed by atoms with Gasteiger partial charge in [0.15, 0.2) is 16.3 Å². The van der Waals surface area contributed by atoms with E-state index in [0.717, 1.165) is 0 Å². The summed E-state index contributed by atoms with van der Waals surface area (Å²) in [6.07, 6.45) is 0. The van der Waals surface area contributed by atoms with Crippen LogP contribution in [0.3, 0.4) is 0 Å². The molecule has 0 bridgehead atoms. The van der Waals surface area contributed by atoms with Gasteiger partial charge < -0.3 is 0 Å². The Morgan fingerprint density at radius 3 is 1.33 bits per heavy atom. The van der Waals surface area contributed by atoms with E-state index >= 15 is 0 Å². The quantitative estimate of drug-likeness (QED) is 0.515. The molecule has 0 aliphatic heterocycles. The maximum atomic E-state index is 11.0. The first kappa shape index (κ1) is 5.83. The van der Waals surface area contributed by atoms with Crippen molar-refractivity contribution < 1.29 is 0 Å². The topological polar surface area (TPSA) is 51.2 Å². The lowest BCUT2D eigenvalue weighted by atomic mass is 10.3. The van der Waals surface area contributed by atoms with E-state index in [9.17, 15) is 14.4 Å². The number of rotatable bonds is 2. The van der Waals surface area contributed by atoms with Crippen LogP contribution in [-0.2, 0) is 0 Å². The van der Waals surface area contributed by atoms with Crippen LogP contribution in [-0.4, -0.2) is 0 Å². The molecule has 3 aromatic rings. The molecule has 0 amide bonds. The molecule has 0 fully saturated rings. The van der Waals surface area contributed by atoms with Crippen LogP contribution < -0.4 is 16.3 Å². The SMILES string of the molecule is O=c1cc1-c1c(-c2cc2=O)c1=O. The maximum absolute atomic E-state index is 11.0. The van der Waals surface area contributed by atoms with Gasteiger partial charge in [-0.15, -0.1) is 0 Å². The van der Waals surface area contributed by atoms with Gasteiger partial charge in [-0.2, -0.15) is 0 Å². The summed E-state index contributed by atoms with van der Waals surface area (Å²) < 4.78 is 0. The van der Waals surface area contributed by atoms with Crippen LogP contribution in [0.25, 0.3) is 22.3 Å². The minimum atomic E-state index is -0.135. The Morgan fingerprint density at radius 2 is 1.08 bits per heavy atom. The lowest BCUT2D eigenvalue weighted by Gasteiger charge is -1.65. The molecule has 12 heavy (non-hydrogen) atoms. The average molecular weight is 158 g/mol. The summed E-state index contributed by atoms with van der Waals surface area (Å²) in [5.41, 5.74) is 1.63. The molecule has 0 atom stereocenters. The number of hydrogen-bond donors (Lipinski definition) is 0. The molecule has 0 heterocycles. The Balaban J connectivity index is 2.13. The zero-order valence-electron chi connectivity index (χ0n) is 5.88. The zero-order valence-corrected chi connectivity index (χ0v) is 5.88. The molecule has 0 unspecified atom stereocenters. The van der Waals surface area contributed by atoms with Gasteiger partial charge in [-0.1, -0.05) is 0 Å². The van der Waals surface area contributed by atoms with Crippen LogP contribution in [0, 0.1) is 0 Å². The van der Waals surface area contributed by atoms with Crippen LogP contribution >= 0.6 is 0 Å². The summed E-state index contributed by atoms with van der Waals surface area (Å²) >= 11 is 0. The normalized spacial score (nSPS) is 12.3. The van der Waals surface area contributed by atoms with Crippen molar-refractivity contribution in [3.63, 3.8) is 0 Å². The molecule has 56 valence electrons. The van der Waals surface area contributed by atoms with Gasteiger partial charge in [0.05, 0.1) is 0 Å². The van der Waals surface area contributed by atoms with E-state index in [1.54, 1.807) is 0 Å². The van der Waals surface area contributed by atoms with Crippen molar-refractivity contribution in [3.05, 3.63) is 42.8 Å². The first-order valence-corrected chi connectivity index (χ1v) is 3.52. The zero-order chi connectivity index (χ0) is 8.46. The molecule has 0 N–H and O–H groups in total. The third-order valence-corrected chi connectivity index (χ3v) is 2.10. The van der Waals surface area contributed by atoms with Crippen LogP contribution in [0.2, 0.25) is 0 Å². The Hall–Kier alpha value is -1.77. The molecule has 0 spiro atoms. The third-order valence-electron chi connectivity index (χ3n) is 2.10. The van der Waals surface area contributed by atoms with E-state index in [0.29, 0.717) is 22.3 Å². The molecule has 0 radical (unpaired) electrons. The molecule has 0 aliphatic rings. The van der Waals surface area contributed by atoms with E-state index in [4.69, 9.17) is 0 Å². The summed E-state index contributed by atoms with van der Waals surface area (Å²) in [4.78, 5) is 32.2. The molecular weight excluding hydrogens is 156 g/mol. The van der Waals surface area contributed by atoms with Gasteiger partial charge in [0.2, 0.25) is 0 Å². The van der Waals surface area contributed by atoms with Gasteiger partial charge in [0.25, 0.3) is 0 Å². The molecule has 3 aromatic carbocycles. The fourth-order valence-electron chi connectivity index (χ4n) is 1.27. The molecule has 0 aliphatic carbocycles. The highest BCUT2D eigenvalue weighted by atomic mass is 16.1. The first-order valence-electron chi connectivity index (χ1n) is 3.52. The minimum absolute atomic E-state index is 0.0814. The smallest absolute Gasteiger partial charge is 0.196 e. The van der Waals surface area contributed by atoms with Crippen molar-refractivity contribution in [1.29, 1.82) is 0 Å². The van der Waals surface area contributed by atoms with E-state index < -0.39 is 0 Å². The van der Waals surface area contributed by atoms with Crippen molar-refractivity contribution in [1.82, 2.24) is 0 Å². The largest absolute Gasteiger partial charge is 0.289 e. The van der Waals surface area contributed by atoms with Crippen molar-refractivity contribution in [2.45, 2.75) is 0 Å². The highest BCUT2D eigenvalue weighted by molar-refractivity contribution is 5.98. The summed E-state index contributed by atoms with van der Waals surface area (Å²) in [7, 11) is 0. The summed E-state index contributed by atoms with van der Waals surface area (Å²) in [5.74, 6) is 0. The second-order valence-corrected chi connectivity index (χ2v) is 2.92. The second-order valence-electron chi connectivity index (χ2n) is 2.92. The lowest BCUT2D eigenvalue weighted by Crippen LogP contribution is -1.77. The molecule has 0 saturated carbocycles. The Morgan fingerprint density at radius 1 is 0.750 bits per heavy atom. The van der Waals surface area contributed by atoms with Gasteiger partial charge in [-0.3, -0.25) is 14.4 Å². The van der Waals surface area contributed by atoms with E-state index in [2.05, 4.69) is 0 Å². The summed E-state index contributed by atoms with van der Waals surface area (Å²) in [6, 6.07) is 2.82. The summed E-state index contributed by atoms with van der Waals surface area (Å²) in [6.45, 7) is 0. The second kappa shape index (κ2) is 1.39. The van der Waals surface area contributed by atoms with Gasteiger partial charge in [0.1, 0.15) is 0 Å². The van der Waals surface area contributed by atoms with Crippen molar-refractivity contribution >= 4 is 0 Å². The van der Waals surface area contributed by atoms with Crippen molar-refractivity contribution in [2.75, 3.05) is 0 Å². The number of hydrogen-bond acceptors (Lipinski definition) is 3. The first-order chi connectivity index (χ1) is 5.70. The Labute approximate surface area is 65.9 Å². The molecule has 0 saturated heterocycles. The fraction of sp³-hybridized carbons (Fsp3) is 0. The van der Waals surface area contributed by atoms with Crippen molar-refractivity contribution in [2.24, 2.45) is 0 Å². The Bertz CT molecular complexity index is 562. The fourth-order valence-corrected chi connectivity index (χ4v) is 1.27. The van der Waals surface area contributed by atoms with E-state index in [1.807, 2.05) is 0 Å². The van der Waals surface area contributed by atoms with Crippen LogP contribution in [0.5, 0.6) is 0 Å². The van der Waals surface area contributed by atoms with E-state index in [-0.39, 0.29) is 16.3 Å². The monoisotopic (exact) mass is 158 g/mol. The van der Waals surface area contributed by atoms with Gasteiger partial charge in [-0.05, 0) is 12.1 Å². The third kappa shape index (κ3) is 0.540. The van der Waals surface area contributed by atoms with Gasteiger partial charge in [-0.25, -0.2) is 0 Å². The average Bonchev–Trinajstić information content (AvgIpc) is 2.84. The summed E-state index contributed by atoms with van der Waals surface area (Å²) in [5, 5.41) is 0. The van der Waals surface area contributed by atoms with Crippen LogP contribution in [0.1, 0.15) is 0 Å². The van der Waals surface area contributed by atoms with Gasteiger partial charge >= 0.3 is 0 Å². The standard InChI is InChI=1S/C9H2O3/c10-5-1-3(5)7-8(9(7)12)4-2-6(4)11/h1-2H. The van der Waals surface area contributed by atoms with Crippen LogP contribution in [0.4, 0.5) is 0 Å². The maximum Gasteiger partial charge on any atom is 0.196 e. The highest BCUT2D eigenvalue weighted by Crippen LogP contribution is 2.34. The Kier molecular flexibility index (Phi) is 0.674. The predicted octanol–water partition coefficient (Wildman–Crippen LogP) is -0.272. The minimum Gasteiger partial charge on any atom is -0.289 e. The van der Waals surface area contributed by atoms with Gasteiger partial charge in [0, 0.05) is 22.3 Å². The molecule has 3 rings (SSSR count). The molecule has 0 aromatic heterocycles. The molecule has 3 heteroatoms. The van der Waals surface area contributed by atoms with Crippen LogP contribution in [0.15, 0.2) is 26.5 Å². The van der Waals surface area contributed by atoms with E-state index in [1.165, 1.54) is 12.1 Å². The van der Waals surface area contributed by atoms with Crippen molar-refractivity contribution in [3.8, 4) is 22.3 Å². The molecule has 3 nitrogen and oxygen atoms in total. The lowest BCUT2D eigenvalue weighted by molar-refractivity contribution is 1.96. The highest BCUT2D eigenvalue weighted by Gasteiger charge is 2.34.